The Bertz CT molecular complexity index is 5550. The van der Waals surface area contributed by atoms with E-state index in [1.165, 1.54) is 61.2 Å². The summed E-state index contributed by atoms with van der Waals surface area (Å²) in [4.78, 5) is 5.02. The van der Waals surface area contributed by atoms with Gasteiger partial charge in [0.25, 0.3) is 0 Å². The Morgan fingerprint density at radius 3 is 1.14 bits per heavy atom. The van der Waals surface area contributed by atoms with E-state index in [1.807, 2.05) is 0 Å². The van der Waals surface area contributed by atoms with Crippen molar-refractivity contribution in [1.82, 2.24) is 0 Å². The Morgan fingerprint density at radius 1 is 0.330 bits per heavy atom. The van der Waals surface area contributed by atoms with E-state index >= 15 is 0 Å². The van der Waals surface area contributed by atoms with Gasteiger partial charge in [0.05, 0.1) is 22.2 Å². The highest BCUT2D eigenvalue weighted by Crippen LogP contribution is 2.65. The highest BCUT2D eigenvalue weighted by molar-refractivity contribution is 6.26. The van der Waals surface area contributed by atoms with Gasteiger partial charge in [-0.15, -0.1) is 0 Å². The molecule has 14 aromatic rings. The van der Waals surface area contributed by atoms with Crippen molar-refractivity contribution in [3.63, 3.8) is 0 Å². The monoisotopic (exact) mass is 1350 g/mol. The van der Waals surface area contributed by atoms with E-state index in [9.17, 15) is 0 Å². The van der Waals surface area contributed by atoms with E-state index in [0.717, 1.165) is 123 Å². The lowest BCUT2D eigenvalue weighted by molar-refractivity contribution is 0.589. The first kappa shape index (κ1) is 68.6. The van der Waals surface area contributed by atoms with Crippen LogP contribution in [0.2, 0.25) is 0 Å². The van der Waals surface area contributed by atoms with Gasteiger partial charge >= 0.3 is 0 Å². The number of aryl methyl sites for hydroxylation is 4. The van der Waals surface area contributed by atoms with E-state index in [0.29, 0.717) is 0 Å². The topological polar surface area (TPSA) is 32.8 Å². The molecule has 0 fully saturated rings. The zero-order chi connectivity index (χ0) is 72.6. The summed E-state index contributed by atoms with van der Waals surface area (Å²) >= 11 is 0. The zero-order valence-corrected chi connectivity index (χ0v) is 64.1. The minimum atomic E-state index is -1.02. The lowest BCUT2D eigenvalue weighted by Gasteiger charge is -2.37. The van der Waals surface area contributed by atoms with Crippen LogP contribution in [0.15, 0.2) is 251 Å². The minimum absolute atomic E-state index is 0.00743. The third-order valence-electron chi connectivity index (χ3n) is 22.3. The molecule has 0 spiro atoms. The quantitative estimate of drug-likeness (QED) is 0.122. The molecule has 0 aliphatic heterocycles. The summed E-state index contributed by atoms with van der Waals surface area (Å²) < 4.78 is 15.4. The zero-order valence-electron chi connectivity index (χ0n) is 64.1. The molecule has 103 heavy (non-hydrogen) atoms. The molecule has 1 aliphatic rings. The molecule has 2 aromatic heterocycles. The van der Waals surface area contributed by atoms with Gasteiger partial charge in [-0.2, -0.15) is 0 Å². The van der Waals surface area contributed by atoms with Crippen LogP contribution < -0.4 is 9.80 Å². The molecular formula is C99H100N2O2. The molecule has 0 amide bonds. The van der Waals surface area contributed by atoms with Crippen LogP contribution in [0.4, 0.5) is 34.1 Å². The summed E-state index contributed by atoms with van der Waals surface area (Å²) in [7, 11) is 0. The highest BCUT2D eigenvalue weighted by atomic mass is 16.3. The molecule has 4 heteroatoms. The van der Waals surface area contributed by atoms with Gasteiger partial charge < -0.3 is 18.6 Å². The molecule has 0 N–H and O–H groups in total. The normalized spacial score (nSPS) is 14.6. The molecule has 2 heterocycles. The number of rotatable bonds is 12. The molecule has 4 nitrogen and oxygen atoms in total. The lowest BCUT2D eigenvalue weighted by Crippen LogP contribution is -2.29. The Kier molecular flexibility index (Phi) is 16.7. The molecule has 518 valence electrons. The number of fused-ring (bicyclic) bond motifs is 11. The average Bonchev–Trinajstić information content (AvgIpc) is 1.50. The smallest absolute Gasteiger partial charge is 0.160 e. The molecule has 1 aliphatic carbocycles. The maximum absolute atomic E-state index is 7.82. The SMILES string of the molecule is Cc1ccc(N(c2ccc(C(C)(C)C)cc2)c2cc3c(c4c2oc2ccccc24)-c2c(cc(N(c4ccc(C(C)(C)C)cc4)c4ccc(C)cc4C)c4c2oc2ccccc24)C3(c2ccc(C(Cc3ccc(C(C)(C)C)cc3)c3ccc(C(C)(C)C)cc3)cc2)c2ccc(C(C)(C)C)cc2)c(C)c1. The first-order valence-corrected chi connectivity index (χ1v) is 37.2. The van der Waals surface area contributed by atoms with Crippen molar-refractivity contribution < 1.29 is 8.83 Å². The van der Waals surface area contributed by atoms with Crippen LogP contribution in [0.1, 0.15) is 199 Å². The molecule has 2 unspecified atom stereocenters. The summed E-state index contributed by atoms with van der Waals surface area (Å²) in [5.41, 5.74) is 30.2. The number of anilines is 6. The second-order valence-corrected chi connectivity index (χ2v) is 34.9. The minimum Gasteiger partial charge on any atom is -0.455 e. The maximum atomic E-state index is 7.82. The molecule has 15 rings (SSSR count). The number of nitrogens with zero attached hydrogens (tertiary/aromatic N) is 2. The van der Waals surface area contributed by atoms with E-state index < -0.39 is 5.41 Å². The molecule has 0 saturated heterocycles. The fraction of sp³-hybridized carbons (Fsp3) is 0.273. The van der Waals surface area contributed by atoms with Crippen LogP contribution in [-0.2, 0) is 38.9 Å². The van der Waals surface area contributed by atoms with Gasteiger partial charge in [0, 0.05) is 56.0 Å². The highest BCUT2D eigenvalue weighted by Gasteiger charge is 2.51. The maximum Gasteiger partial charge on any atom is 0.160 e. The van der Waals surface area contributed by atoms with Crippen LogP contribution in [-0.4, -0.2) is 0 Å². The molecule has 12 aromatic carbocycles. The van der Waals surface area contributed by atoms with Crippen LogP contribution in [0.5, 0.6) is 0 Å². The molecule has 2 atom stereocenters. The summed E-state index contributed by atoms with van der Waals surface area (Å²) in [5, 5.41) is 4.18. The second kappa shape index (κ2) is 25.1. The van der Waals surface area contributed by atoms with Gasteiger partial charge in [0.15, 0.2) is 5.58 Å². The van der Waals surface area contributed by atoms with Crippen LogP contribution in [0.3, 0.4) is 0 Å². The summed E-state index contributed by atoms with van der Waals surface area (Å²) in [6.45, 7) is 43.5. The van der Waals surface area contributed by atoms with E-state index in [-0.39, 0.29) is 33.0 Å². The Labute approximate surface area is 612 Å². The van der Waals surface area contributed by atoms with Crippen molar-refractivity contribution in [3.05, 3.63) is 332 Å². The fourth-order valence-electron chi connectivity index (χ4n) is 16.5. The first-order valence-electron chi connectivity index (χ1n) is 37.2. The number of furan rings is 2. The van der Waals surface area contributed by atoms with Crippen LogP contribution in [0.25, 0.3) is 55.0 Å². The number of hydrogen-bond donors (Lipinski definition) is 0. The predicted octanol–water partition coefficient (Wildman–Crippen LogP) is 27.9. The van der Waals surface area contributed by atoms with Gasteiger partial charge in [-0.25, -0.2) is 0 Å². The summed E-state index contributed by atoms with van der Waals surface area (Å²) in [6.07, 6.45) is 0.835. The van der Waals surface area contributed by atoms with Crippen LogP contribution in [0, 0.1) is 27.7 Å². The Morgan fingerprint density at radius 2 is 0.689 bits per heavy atom. The number of para-hydroxylation sites is 2. The van der Waals surface area contributed by atoms with E-state index in [2.05, 4.69) is 384 Å². The van der Waals surface area contributed by atoms with Crippen molar-refractivity contribution in [1.29, 1.82) is 0 Å². The van der Waals surface area contributed by atoms with E-state index in [4.69, 9.17) is 8.83 Å². The van der Waals surface area contributed by atoms with Crippen molar-refractivity contribution >= 4 is 78.0 Å². The van der Waals surface area contributed by atoms with Crippen molar-refractivity contribution in [2.75, 3.05) is 9.80 Å². The summed E-state index contributed by atoms with van der Waals surface area (Å²) in [5.74, 6) is 0.0472. The third kappa shape index (κ3) is 12.1. The number of benzene rings is 12. The third-order valence-corrected chi connectivity index (χ3v) is 22.3. The molecular weight excluding hydrogens is 1250 g/mol. The van der Waals surface area contributed by atoms with Gasteiger partial charge in [-0.1, -0.05) is 297 Å². The standard InChI is InChI=1S/C99H100N2O2/c1-61-28-54-82(63(3)56-61)100(75-50-46-71(47-51-75)97(14,15)16)84-59-81-91(93-88(84)77-24-20-22-26-86(77)103-93)90-80(60-85(92-89(90)78-25-21-23-27-87(78)102-92)101(83-55-29-62(2)57-64(83)4)76-52-48-72(49-53-76)98(17,18)19)99(81,74-44-42-70(43-45-74)96(11,12)13)73-40-34-67(35-41-73)79(66-32-38-69(39-33-66)95(8,9)10)58-65-30-36-68(37-31-65)94(5,6)7/h20-57,59-60,79H,58H2,1-19H3. The Balaban J connectivity index is 1.12. The van der Waals surface area contributed by atoms with Gasteiger partial charge in [0.2, 0.25) is 0 Å². The molecule has 0 saturated carbocycles. The van der Waals surface area contributed by atoms with E-state index in [1.54, 1.807) is 0 Å². The molecule has 0 bridgehead atoms. The largest absolute Gasteiger partial charge is 0.455 e. The van der Waals surface area contributed by atoms with Gasteiger partial charge in [-0.3, -0.25) is 0 Å². The van der Waals surface area contributed by atoms with Gasteiger partial charge in [-0.05, 0) is 200 Å². The Hall–Kier alpha value is -10.2. The first-order chi connectivity index (χ1) is 48.9. The number of hydrogen-bond acceptors (Lipinski definition) is 4. The predicted molar refractivity (Wildman–Crippen MR) is 439 cm³/mol. The van der Waals surface area contributed by atoms with Crippen molar-refractivity contribution in [2.45, 2.75) is 176 Å². The second-order valence-electron chi connectivity index (χ2n) is 34.9. The van der Waals surface area contributed by atoms with Gasteiger partial charge in [0.1, 0.15) is 16.7 Å². The molecule has 0 radical (unpaired) electrons. The fourth-order valence-corrected chi connectivity index (χ4v) is 16.5. The lowest BCUT2D eigenvalue weighted by atomic mass is 9.66. The average molecular weight is 1350 g/mol. The summed E-state index contributed by atoms with van der Waals surface area (Å²) in [6, 6.07) is 93.5. The van der Waals surface area contributed by atoms with Crippen LogP contribution >= 0.6 is 0 Å². The van der Waals surface area contributed by atoms with Crippen molar-refractivity contribution in [3.8, 4) is 11.1 Å². The van der Waals surface area contributed by atoms with Crippen molar-refractivity contribution in [2.24, 2.45) is 0 Å².